The van der Waals surface area contributed by atoms with E-state index in [1.165, 1.54) is 36.6 Å². The molecule has 2 aromatic heterocycles. The minimum atomic E-state index is -4.48. The Morgan fingerprint density at radius 2 is 1.87 bits per heavy atom. The van der Waals surface area contributed by atoms with Gasteiger partial charge in [0, 0.05) is 49.2 Å². The molecule has 2 aliphatic rings. The van der Waals surface area contributed by atoms with Crippen molar-refractivity contribution in [1.82, 2.24) is 24.8 Å². The van der Waals surface area contributed by atoms with E-state index in [4.69, 9.17) is 4.98 Å². The molecule has 1 aromatic carbocycles. The first-order chi connectivity index (χ1) is 21.4. The van der Waals surface area contributed by atoms with E-state index >= 15 is 0 Å². The average Bonchev–Trinajstić information content (AvgIpc) is 3.63. The van der Waals surface area contributed by atoms with Gasteiger partial charge in [-0.15, -0.1) is 11.3 Å². The topological polar surface area (TPSA) is 103 Å². The predicted molar refractivity (Wildman–Crippen MR) is 167 cm³/mol. The minimum absolute atomic E-state index is 0.0339. The number of carboxylic acid groups (broad SMARTS) is 1. The van der Waals surface area contributed by atoms with Gasteiger partial charge in [0.05, 0.1) is 30.1 Å². The van der Waals surface area contributed by atoms with Crippen molar-refractivity contribution in [3.63, 3.8) is 0 Å². The van der Waals surface area contributed by atoms with Gasteiger partial charge in [-0.05, 0) is 51.3 Å². The number of alkyl halides is 3. The first-order valence-corrected chi connectivity index (χ1v) is 16.2. The number of piperazine rings is 1. The first-order valence-electron chi connectivity index (χ1n) is 15.4. The Morgan fingerprint density at radius 1 is 1.11 bits per heavy atom. The standard InChI is InChI=1S/C32H39F3N6O3S/c1-4-6-23-7-5-10-41(23)19-27-30(22-9-8-20(2)24(15-22)32(33,34)35)38-29(45-27)16-26(42)25-17-37-28(18-36-25)40-13-11-39(12-14-40)21(3)31(43)44/h8-9,15,17-18,21,23H,4-7,10-14,16,19H2,1-3H3,(H,43,44)/t21?,23-/m1/s1. The molecule has 0 aliphatic carbocycles. The van der Waals surface area contributed by atoms with Crippen LogP contribution < -0.4 is 4.90 Å². The summed E-state index contributed by atoms with van der Waals surface area (Å²) in [5.74, 6) is -0.516. The number of rotatable bonds is 11. The Hall–Kier alpha value is -3.42. The maximum atomic E-state index is 13.8. The highest BCUT2D eigenvalue weighted by atomic mass is 32.1. The zero-order valence-electron chi connectivity index (χ0n) is 25.8. The van der Waals surface area contributed by atoms with Crippen molar-refractivity contribution in [2.24, 2.45) is 0 Å². The molecule has 2 saturated heterocycles. The minimum Gasteiger partial charge on any atom is -0.480 e. The molecular formula is C32H39F3N6O3S. The summed E-state index contributed by atoms with van der Waals surface area (Å²) in [6, 6.07) is 4.19. The second-order valence-electron chi connectivity index (χ2n) is 11.9. The molecule has 0 spiro atoms. The molecule has 9 nitrogen and oxygen atoms in total. The normalized spacial score (nSPS) is 18.8. The van der Waals surface area contributed by atoms with E-state index in [0.717, 1.165) is 37.1 Å². The quantitative estimate of drug-likeness (QED) is 0.263. The molecule has 0 bridgehead atoms. The van der Waals surface area contributed by atoms with Crippen molar-refractivity contribution >= 4 is 28.9 Å². The van der Waals surface area contributed by atoms with Crippen LogP contribution in [-0.2, 0) is 23.9 Å². The number of anilines is 1. The summed E-state index contributed by atoms with van der Waals surface area (Å²) in [4.78, 5) is 45.3. The molecule has 1 N–H and O–H groups in total. The van der Waals surface area contributed by atoms with Crippen molar-refractivity contribution < 1.29 is 27.9 Å². The average molecular weight is 645 g/mol. The Morgan fingerprint density at radius 3 is 2.51 bits per heavy atom. The van der Waals surface area contributed by atoms with Crippen LogP contribution in [-0.4, -0.2) is 86.4 Å². The smallest absolute Gasteiger partial charge is 0.416 e. The maximum Gasteiger partial charge on any atom is 0.416 e. The number of halogens is 3. The number of aromatic nitrogens is 3. The van der Waals surface area contributed by atoms with E-state index in [1.54, 1.807) is 19.2 Å². The zero-order valence-corrected chi connectivity index (χ0v) is 26.6. The number of carbonyl (C=O) groups is 2. The molecule has 242 valence electrons. The monoisotopic (exact) mass is 644 g/mol. The molecule has 5 rings (SSSR count). The van der Waals surface area contributed by atoms with Crippen LogP contribution in [0.4, 0.5) is 19.0 Å². The molecule has 1 unspecified atom stereocenters. The van der Waals surface area contributed by atoms with E-state index in [1.807, 2.05) is 9.80 Å². The van der Waals surface area contributed by atoms with Gasteiger partial charge in [-0.25, -0.2) is 15.0 Å². The third-order valence-electron chi connectivity index (χ3n) is 8.80. The van der Waals surface area contributed by atoms with E-state index in [2.05, 4.69) is 21.8 Å². The number of carbonyl (C=O) groups excluding carboxylic acids is 1. The molecule has 2 fully saturated rings. The summed E-state index contributed by atoms with van der Waals surface area (Å²) in [6.45, 7) is 9.11. The number of carboxylic acids is 1. The Kier molecular flexibility index (Phi) is 10.2. The van der Waals surface area contributed by atoms with Crippen molar-refractivity contribution in [2.75, 3.05) is 37.6 Å². The molecular weight excluding hydrogens is 605 g/mol. The fourth-order valence-corrected chi connectivity index (χ4v) is 7.30. The third-order valence-corrected chi connectivity index (χ3v) is 9.84. The SMILES string of the molecule is CCC[C@@H]1CCCN1Cc1sc(CC(=O)c2cnc(N3CCN(C(C)C(=O)O)CC3)cn2)nc1-c1ccc(C)c(C(F)(F)F)c1. The number of ketones is 1. The molecule has 0 radical (unpaired) electrons. The summed E-state index contributed by atoms with van der Waals surface area (Å²) < 4.78 is 41.4. The van der Waals surface area contributed by atoms with Gasteiger partial charge in [-0.1, -0.05) is 25.5 Å². The van der Waals surface area contributed by atoms with Crippen LogP contribution in [0.2, 0.25) is 0 Å². The summed E-state index contributed by atoms with van der Waals surface area (Å²) in [7, 11) is 0. The lowest BCUT2D eigenvalue weighted by Crippen LogP contribution is -2.52. The number of aliphatic carboxylic acids is 1. The highest BCUT2D eigenvalue weighted by Gasteiger charge is 2.33. The van der Waals surface area contributed by atoms with Gasteiger partial charge < -0.3 is 10.0 Å². The predicted octanol–water partition coefficient (Wildman–Crippen LogP) is 5.71. The van der Waals surface area contributed by atoms with E-state index in [0.29, 0.717) is 60.8 Å². The molecule has 13 heteroatoms. The second-order valence-corrected chi connectivity index (χ2v) is 13.0. The highest BCUT2D eigenvalue weighted by molar-refractivity contribution is 7.12. The van der Waals surface area contributed by atoms with Gasteiger partial charge in [0.1, 0.15) is 22.6 Å². The van der Waals surface area contributed by atoms with Crippen molar-refractivity contribution in [1.29, 1.82) is 0 Å². The van der Waals surface area contributed by atoms with Crippen molar-refractivity contribution in [3.05, 3.63) is 57.3 Å². The van der Waals surface area contributed by atoms with Crippen LogP contribution in [0, 0.1) is 6.92 Å². The van der Waals surface area contributed by atoms with Crippen molar-refractivity contribution in [3.8, 4) is 11.3 Å². The molecule has 45 heavy (non-hydrogen) atoms. The summed E-state index contributed by atoms with van der Waals surface area (Å²) in [5, 5.41) is 9.80. The summed E-state index contributed by atoms with van der Waals surface area (Å²) >= 11 is 1.37. The van der Waals surface area contributed by atoms with Gasteiger partial charge in [-0.2, -0.15) is 13.2 Å². The number of hydrogen-bond donors (Lipinski definition) is 1. The third kappa shape index (κ3) is 7.70. The largest absolute Gasteiger partial charge is 0.480 e. The van der Waals surface area contributed by atoms with Crippen LogP contribution >= 0.6 is 11.3 Å². The number of nitrogens with zero attached hydrogens (tertiary/aromatic N) is 6. The lowest BCUT2D eigenvalue weighted by molar-refractivity contribution is -0.142. The fourth-order valence-electron chi connectivity index (χ4n) is 6.18. The Balaban J connectivity index is 1.34. The highest BCUT2D eigenvalue weighted by Crippen LogP contribution is 2.38. The van der Waals surface area contributed by atoms with Gasteiger partial charge in [0.2, 0.25) is 0 Å². The number of benzene rings is 1. The number of hydrogen-bond acceptors (Lipinski definition) is 9. The lowest BCUT2D eigenvalue weighted by atomic mass is 10.0. The van der Waals surface area contributed by atoms with Gasteiger partial charge >= 0.3 is 12.1 Å². The van der Waals surface area contributed by atoms with E-state index < -0.39 is 23.8 Å². The van der Waals surface area contributed by atoms with Crippen LogP contribution in [0.3, 0.4) is 0 Å². The Bertz CT molecular complexity index is 1500. The van der Waals surface area contributed by atoms with Crippen molar-refractivity contribution in [2.45, 2.75) is 77.7 Å². The fraction of sp³-hybridized carbons (Fsp3) is 0.531. The zero-order chi connectivity index (χ0) is 32.3. The molecule has 4 heterocycles. The number of likely N-dealkylation sites (tertiary alicyclic amines) is 1. The Labute approximate surface area is 265 Å². The van der Waals surface area contributed by atoms with Crippen LogP contribution in [0.15, 0.2) is 30.6 Å². The molecule has 2 aliphatic heterocycles. The molecule has 0 saturated carbocycles. The maximum absolute atomic E-state index is 13.8. The second kappa shape index (κ2) is 13.9. The van der Waals surface area contributed by atoms with E-state index in [-0.39, 0.29) is 23.5 Å². The molecule has 2 atom stereocenters. The van der Waals surface area contributed by atoms with Gasteiger partial charge in [0.25, 0.3) is 0 Å². The summed E-state index contributed by atoms with van der Waals surface area (Å²) in [5.41, 5.74) is 0.543. The summed E-state index contributed by atoms with van der Waals surface area (Å²) in [6.07, 6.45) is 2.78. The van der Waals surface area contributed by atoms with Gasteiger partial charge in [0.15, 0.2) is 5.78 Å². The lowest BCUT2D eigenvalue weighted by Gasteiger charge is -2.36. The van der Waals surface area contributed by atoms with E-state index in [9.17, 15) is 27.9 Å². The first kappa shape index (κ1) is 33.0. The molecule has 0 amide bonds. The number of aryl methyl sites for hydroxylation is 1. The van der Waals surface area contributed by atoms with Crippen LogP contribution in [0.25, 0.3) is 11.3 Å². The number of Topliss-reactive ketones (excluding diaryl/α,β-unsaturated/α-hetero) is 1. The van der Waals surface area contributed by atoms with Crippen LogP contribution in [0.1, 0.15) is 71.0 Å². The number of thiazole rings is 1. The molecule has 3 aromatic rings. The van der Waals surface area contributed by atoms with Crippen LogP contribution in [0.5, 0.6) is 0 Å². The van der Waals surface area contributed by atoms with Gasteiger partial charge in [-0.3, -0.25) is 19.4 Å².